The standard InChI is InChI=1S/C19H15ClN4O/c1-24-18(7-8-21-24)19(25)22-15-4-2-3-12(10-15)17-11-13-9-14(20)5-6-16(13)23-17/h2-11,23H,1H3,(H,22,25). The molecule has 2 N–H and O–H groups in total. The van der Waals surface area contributed by atoms with Gasteiger partial charge >= 0.3 is 0 Å². The van der Waals surface area contributed by atoms with Crippen molar-refractivity contribution < 1.29 is 4.79 Å². The molecule has 0 aliphatic heterocycles. The van der Waals surface area contributed by atoms with E-state index < -0.39 is 0 Å². The van der Waals surface area contributed by atoms with Crippen molar-refractivity contribution in [2.75, 3.05) is 5.32 Å². The van der Waals surface area contributed by atoms with Crippen LogP contribution in [0.5, 0.6) is 0 Å². The van der Waals surface area contributed by atoms with Crippen molar-refractivity contribution in [3.8, 4) is 11.3 Å². The number of halogens is 1. The third kappa shape index (κ3) is 3.02. The van der Waals surface area contributed by atoms with Crippen LogP contribution >= 0.6 is 11.6 Å². The first-order valence-corrected chi connectivity index (χ1v) is 8.16. The van der Waals surface area contributed by atoms with Gasteiger partial charge in [0.25, 0.3) is 5.91 Å². The van der Waals surface area contributed by atoms with Crippen LogP contribution < -0.4 is 5.32 Å². The van der Waals surface area contributed by atoms with Gasteiger partial charge in [-0.3, -0.25) is 9.48 Å². The molecule has 0 radical (unpaired) electrons. The zero-order chi connectivity index (χ0) is 17.4. The predicted octanol–water partition coefficient (Wildman–Crippen LogP) is 4.47. The SMILES string of the molecule is Cn1nccc1C(=O)Nc1cccc(-c2cc3cc(Cl)ccc3[nH]2)c1. The lowest BCUT2D eigenvalue weighted by atomic mass is 10.1. The van der Waals surface area contributed by atoms with Crippen LogP contribution in [0.3, 0.4) is 0 Å². The van der Waals surface area contributed by atoms with Gasteiger partial charge in [0, 0.05) is 46.1 Å². The Labute approximate surface area is 149 Å². The van der Waals surface area contributed by atoms with Gasteiger partial charge in [0.15, 0.2) is 0 Å². The maximum atomic E-state index is 12.3. The molecule has 4 aromatic rings. The summed E-state index contributed by atoms with van der Waals surface area (Å²) < 4.78 is 1.54. The maximum Gasteiger partial charge on any atom is 0.273 e. The Morgan fingerprint density at radius 3 is 2.84 bits per heavy atom. The van der Waals surface area contributed by atoms with Crippen LogP contribution in [0.15, 0.2) is 60.8 Å². The van der Waals surface area contributed by atoms with E-state index in [0.717, 1.165) is 27.8 Å². The number of benzene rings is 2. The van der Waals surface area contributed by atoms with Crippen LogP contribution in [-0.4, -0.2) is 20.7 Å². The van der Waals surface area contributed by atoms with Crippen LogP contribution in [0.4, 0.5) is 5.69 Å². The van der Waals surface area contributed by atoms with Crippen molar-refractivity contribution in [2.45, 2.75) is 0 Å². The molecule has 124 valence electrons. The molecule has 2 aromatic heterocycles. The molecular weight excluding hydrogens is 336 g/mol. The number of aryl methyl sites for hydroxylation is 1. The fraction of sp³-hybridized carbons (Fsp3) is 0.0526. The summed E-state index contributed by atoms with van der Waals surface area (Å²) in [6, 6.07) is 17.1. The van der Waals surface area contributed by atoms with Gasteiger partial charge in [-0.25, -0.2) is 0 Å². The number of carbonyl (C=O) groups excluding carboxylic acids is 1. The van der Waals surface area contributed by atoms with Crippen LogP contribution in [0.1, 0.15) is 10.5 Å². The smallest absolute Gasteiger partial charge is 0.273 e. The highest BCUT2D eigenvalue weighted by molar-refractivity contribution is 6.31. The summed E-state index contributed by atoms with van der Waals surface area (Å²) in [4.78, 5) is 15.7. The molecule has 2 aromatic carbocycles. The number of rotatable bonds is 3. The Kier molecular flexibility index (Phi) is 3.78. The number of fused-ring (bicyclic) bond motifs is 1. The highest BCUT2D eigenvalue weighted by atomic mass is 35.5. The fourth-order valence-corrected chi connectivity index (χ4v) is 3.00. The third-order valence-electron chi connectivity index (χ3n) is 4.07. The lowest BCUT2D eigenvalue weighted by Crippen LogP contribution is -2.16. The summed E-state index contributed by atoms with van der Waals surface area (Å²) in [5.74, 6) is -0.194. The summed E-state index contributed by atoms with van der Waals surface area (Å²) in [6.07, 6.45) is 1.60. The van der Waals surface area contributed by atoms with Crippen LogP contribution in [0.25, 0.3) is 22.2 Å². The van der Waals surface area contributed by atoms with Crippen molar-refractivity contribution in [3.63, 3.8) is 0 Å². The summed E-state index contributed by atoms with van der Waals surface area (Å²) in [5, 5.41) is 8.67. The Bertz CT molecular complexity index is 1080. The second-order valence-corrected chi connectivity index (χ2v) is 6.23. The Morgan fingerprint density at radius 2 is 2.04 bits per heavy atom. The highest BCUT2D eigenvalue weighted by Crippen LogP contribution is 2.27. The third-order valence-corrected chi connectivity index (χ3v) is 4.30. The number of aromatic nitrogens is 3. The molecule has 0 atom stereocenters. The lowest BCUT2D eigenvalue weighted by Gasteiger charge is -2.07. The minimum Gasteiger partial charge on any atom is -0.355 e. The Morgan fingerprint density at radius 1 is 1.16 bits per heavy atom. The normalized spacial score (nSPS) is 11.0. The summed E-state index contributed by atoms with van der Waals surface area (Å²) in [6.45, 7) is 0. The minimum atomic E-state index is -0.194. The summed E-state index contributed by atoms with van der Waals surface area (Å²) in [7, 11) is 1.74. The average molecular weight is 351 g/mol. The van der Waals surface area contributed by atoms with Gasteiger partial charge in [0.05, 0.1) is 0 Å². The second-order valence-electron chi connectivity index (χ2n) is 5.79. The van der Waals surface area contributed by atoms with Crippen molar-refractivity contribution in [1.29, 1.82) is 0 Å². The van der Waals surface area contributed by atoms with E-state index in [1.165, 1.54) is 0 Å². The number of nitrogens with zero attached hydrogens (tertiary/aromatic N) is 2. The van der Waals surface area contributed by atoms with Gasteiger partial charge in [0.2, 0.25) is 0 Å². The largest absolute Gasteiger partial charge is 0.355 e. The van der Waals surface area contributed by atoms with Crippen molar-refractivity contribution in [3.05, 3.63) is 71.5 Å². The molecule has 25 heavy (non-hydrogen) atoms. The molecular formula is C19H15ClN4O. The highest BCUT2D eigenvalue weighted by Gasteiger charge is 2.11. The van der Waals surface area contributed by atoms with E-state index in [1.807, 2.05) is 48.5 Å². The Balaban J connectivity index is 1.64. The quantitative estimate of drug-likeness (QED) is 0.572. The monoisotopic (exact) mass is 350 g/mol. The number of amides is 1. The number of nitrogens with one attached hydrogen (secondary N) is 2. The molecule has 6 heteroatoms. The molecule has 0 bridgehead atoms. The number of carbonyl (C=O) groups is 1. The lowest BCUT2D eigenvalue weighted by molar-refractivity contribution is 0.101. The van der Waals surface area contributed by atoms with Gasteiger partial charge in [-0.2, -0.15) is 5.10 Å². The molecule has 0 aliphatic carbocycles. The van der Waals surface area contributed by atoms with Crippen LogP contribution in [0.2, 0.25) is 5.02 Å². The number of anilines is 1. The van der Waals surface area contributed by atoms with Gasteiger partial charge in [0.1, 0.15) is 5.69 Å². The fourth-order valence-electron chi connectivity index (χ4n) is 2.82. The van der Waals surface area contributed by atoms with Gasteiger partial charge in [-0.1, -0.05) is 23.7 Å². The minimum absolute atomic E-state index is 0.194. The molecule has 1 amide bonds. The summed E-state index contributed by atoms with van der Waals surface area (Å²) >= 11 is 6.05. The number of H-pyrrole nitrogens is 1. The molecule has 0 saturated heterocycles. The second kappa shape index (κ2) is 6.11. The van der Waals surface area contributed by atoms with E-state index >= 15 is 0 Å². The first-order chi connectivity index (χ1) is 12.1. The summed E-state index contributed by atoms with van der Waals surface area (Å²) in [5.41, 5.74) is 4.19. The van der Waals surface area contributed by atoms with Gasteiger partial charge < -0.3 is 10.3 Å². The van der Waals surface area contributed by atoms with Crippen LogP contribution in [0, 0.1) is 0 Å². The van der Waals surface area contributed by atoms with E-state index in [9.17, 15) is 4.79 Å². The molecule has 0 unspecified atom stereocenters. The molecule has 4 rings (SSSR count). The Hall–Kier alpha value is -3.05. The van der Waals surface area contributed by atoms with Crippen molar-refractivity contribution >= 4 is 34.1 Å². The molecule has 2 heterocycles. The van der Waals surface area contributed by atoms with Crippen molar-refractivity contribution in [1.82, 2.24) is 14.8 Å². The first-order valence-electron chi connectivity index (χ1n) is 7.78. The zero-order valence-corrected chi connectivity index (χ0v) is 14.2. The molecule has 0 spiro atoms. The number of hydrogen-bond donors (Lipinski definition) is 2. The molecule has 0 aliphatic rings. The van der Waals surface area contributed by atoms with Crippen LogP contribution in [-0.2, 0) is 7.05 Å². The van der Waals surface area contributed by atoms with Crippen molar-refractivity contribution in [2.24, 2.45) is 7.05 Å². The predicted molar refractivity (Wildman–Crippen MR) is 99.9 cm³/mol. The first kappa shape index (κ1) is 15.5. The van der Waals surface area contributed by atoms with E-state index in [-0.39, 0.29) is 5.91 Å². The van der Waals surface area contributed by atoms with Gasteiger partial charge in [-0.15, -0.1) is 0 Å². The molecule has 5 nitrogen and oxygen atoms in total. The maximum absolute atomic E-state index is 12.3. The van der Waals surface area contributed by atoms with E-state index in [2.05, 4.69) is 15.4 Å². The molecule has 0 fully saturated rings. The number of aromatic amines is 1. The van der Waals surface area contributed by atoms with E-state index in [1.54, 1.807) is 24.0 Å². The number of hydrogen-bond acceptors (Lipinski definition) is 2. The van der Waals surface area contributed by atoms with E-state index in [4.69, 9.17) is 11.6 Å². The molecule has 0 saturated carbocycles. The van der Waals surface area contributed by atoms with E-state index in [0.29, 0.717) is 10.7 Å². The average Bonchev–Trinajstić information content (AvgIpc) is 3.20. The zero-order valence-electron chi connectivity index (χ0n) is 13.5. The topological polar surface area (TPSA) is 62.7 Å². The van der Waals surface area contributed by atoms with Gasteiger partial charge in [-0.05, 0) is 42.5 Å².